The van der Waals surface area contributed by atoms with E-state index >= 15 is 0 Å². The number of carbonyl (C=O) groups excluding carboxylic acids is 1. The molecule has 0 bridgehead atoms. The summed E-state index contributed by atoms with van der Waals surface area (Å²) < 4.78 is 0. The first kappa shape index (κ1) is 13.4. The highest BCUT2D eigenvalue weighted by molar-refractivity contribution is 5.81. The smallest absolute Gasteiger partial charge is 0.306 e. The lowest BCUT2D eigenvalue weighted by atomic mass is 9.93. The van der Waals surface area contributed by atoms with E-state index in [2.05, 4.69) is 0 Å². The molecule has 2 unspecified atom stereocenters. The van der Waals surface area contributed by atoms with Crippen molar-refractivity contribution in [3.63, 3.8) is 0 Å². The summed E-state index contributed by atoms with van der Waals surface area (Å²) in [6.07, 6.45) is 7.86. The highest BCUT2D eigenvalue weighted by atomic mass is 16.4. The molecule has 1 amide bonds. The van der Waals surface area contributed by atoms with Crippen LogP contribution in [0.3, 0.4) is 0 Å². The minimum atomic E-state index is -0.745. The number of nitrogens with zero attached hydrogens (tertiary/aromatic N) is 1. The summed E-state index contributed by atoms with van der Waals surface area (Å²) in [5, 5.41) is 8.98. The van der Waals surface area contributed by atoms with Crippen LogP contribution >= 0.6 is 0 Å². The molecule has 0 saturated heterocycles. The Hall–Kier alpha value is -1.06. The quantitative estimate of drug-likeness (QED) is 0.839. The van der Waals surface area contributed by atoms with Crippen molar-refractivity contribution in [1.29, 1.82) is 0 Å². The van der Waals surface area contributed by atoms with E-state index in [0.29, 0.717) is 18.9 Å². The van der Waals surface area contributed by atoms with Crippen molar-refractivity contribution in [1.82, 2.24) is 4.90 Å². The Bertz CT molecular complexity index is 323. The fraction of sp³-hybridized carbons (Fsp3) is 0.857. The molecule has 2 saturated carbocycles. The average molecular weight is 253 g/mol. The number of rotatable bonds is 3. The topological polar surface area (TPSA) is 57.6 Å². The minimum Gasteiger partial charge on any atom is -0.481 e. The Morgan fingerprint density at radius 3 is 2.17 bits per heavy atom. The molecule has 0 radical (unpaired) electrons. The van der Waals surface area contributed by atoms with Gasteiger partial charge in [0.05, 0.1) is 5.92 Å². The minimum absolute atomic E-state index is 0.0574. The molecule has 0 aromatic heterocycles. The Kier molecular flexibility index (Phi) is 4.25. The lowest BCUT2D eigenvalue weighted by Crippen LogP contribution is -2.41. The van der Waals surface area contributed by atoms with Crippen molar-refractivity contribution in [3.8, 4) is 0 Å². The molecule has 0 aromatic carbocycles. The number of carboxylic acid groups (broad SMARTS) is 1. The number of aliphatic carboxylic acids is 1. The second kappa shape index (κ2) is 5.72. The third-order valence-electron chi connectivity index (χ3n) is 4.60. The summed E-state index contributed by atoms with van der Waals surface area (Å²) in [7, 11) is 1.90. The first-order valence-electron chi connectivity index (χ1n) is 7.09. The third kappa shape index (κ3) is 2.85. The van der Waals surface area contributed by atoms with E-state index in [0.717, 1.165) is 19.3 Å². The van der Waals surface area contributed by atoms with Crippen LogP contribution in [0.4, 0.5) is 0 Å². The monoisotopic (exact) mass is 253 g/mol. The highest BCUT2D eigenvalue weighted by Gasteiger charge is 2.36. The van der Waals surface area contributed by atoms with Crippen molar-refractivity contribution < 1.29 is 14.7 Å². The van der Waals surface area contributed by atoms with Crippen molar-refractivity contribution >= 4 is 11.9 Å². The first-order chi connectivity index (χ1) is 8.59. The van der Waals surface area contributed by atoms with Crippen LogP contribution in [0.15, 0.2) is 0 Å². The van der Waals surface area contributed by atoms with Gasteiger partial charge in [0.25, 0.3) is 0 Å². The van der Waals surface area contributed by atoms with Gasteiger partial charge in [-0.25, -0.2) is 0 Å². The van der Waals surface area contributed by atoms with E-state index in [1.807, 2.05) is 11.9 Å². The molecule has 18 heavy (non-hydrogen) atoms. The largest absolute Gasteiger partial charge is 0.481 e. The average Bonchev–Trinajstić information content (AvgIpc) is 2.88. The van der Waals surface area contributed by atoms with Crippen LogP contribution < -0.4 is 0 Å². The lowest BCUT2D eigenvalue weighted by Gasteiger charge is -2.33. The number of amides is 1. The summed E-state index contributed by atoms with van der Waals surface area (Å²) in [5.74, 6) is -0.937. The molecule has 2 fully saturated rings. The Labute approximate surface area is 108 Å². The molecule has 0 aliphatic heterocycles. The Balaban J connectivity index is 1.89. The standard InChI is InChI=1S/C14H23NO3/c1-15(12-5-3-2-4-6-12)13(16)10-7-8-11(9-10)14(17)18/h10-12H,2-9H2,1H3,(H,17,18). The van der Waals surface area contributed by atoms with E-state index in [1.54, 1.807) is 0 Å². The molecule has 0 heterocycles. The van der Waals surface area contributed by atoms with Crippen LogP contribution in [0.2, 0.25) is 0 Å². The van der Waals surface area contributed by atoms with Crippen LogP contribution in [0, 0.1) is 11.8 Å². The number of hydrogen-bond donors (Lipinski definition) is 1. The van der Waals surface area contributed by atoms with E-state index < -0.39 is 5.97 Å². The van der Waals surface area contributed by atoms with Gasteiger partial charge in [0.1, 0.15) is 0 Å². The van der Waals surface area contributed by atoms with Crippen molar-refractivity contribution in [2.24, 2.45) is 11.8 Å². The van der Waals surface area contributed by atoms with Gasteiger partial charge in [-0.15, -0.1) is 0 Å². The zero-order valence-electron chi connectivity index (χ0n) is 11.1. The van der Waals surface area contributed by atoms with Gasteiger partial charge in [0.15, 0.2) is 0 Å². The Morgan fingerprint density at radius 1 is 1.00 bits per heavy atom. The normalized spacial score (nSPS) is 29.2. The van der Waals surface area contributed by atoms with Crippen molar-refractivity contribution in [2.45, 2.75) is 57.4 Å². The van der Waals surface area contributed by atoms with Gasteiger partial charge >= 0.3 is 5.97 Å². The maximum Gasteiger partial charge on any atom is 0.306 e. The van der Waals surface area contributed by atoms with E-state index in [-0.39, 0.29) is 17.7 Å². The molecular formula is C14H23NO3. The SMILES string of the molecule is CN(C(=O)C1CCC(C(=O)O)C1)C1CCCCC1. The van der Waals surface area contributed by atoms with Crippen LogP contribution in [-0.2, 0) is 9.59 Å². The fourth-order valence-electron chi connectivity index (χ4n) is 3.37. The number of carbonyl (C=O) groups is 2. The number of carboxylic acids is 1. The molecule has 2 aliphatic carbocycles. The molecule has 4 nitrogen and oxygen atoms in total. The fourth-order valence-corrected chi connectivity index (χ4v) is 3.37. The first-order valence-corrected chi connectivity index (χ1v) is 7.09. The van der Waals surface area contributed by atoms with E-state index in [9.17, 15) is 9.59 Å². The van der Waals surface area contributed by atoms with Gasteiger partial charge in [0.2, 0.25) is 5.91 Å². The molecule has 0 aromatic rings. The summed E-state index contributed by atoms with van der Waals surface area (Å²) in [5.41, 5.74) is 0. The second-order valence-electron chi connectivity index (χ2n) is 5.79. The molecule has 2 aliphatic rings. The molecule has 2 atom stereocenters. The van der Waals surface area contributed by atoms with Gasteiger partial charge < -0.3 is 10.0 Å². The van der Waals surface area contributed by atoms with Gasteiger partial charge in [-0.05, 0) is 32.1 Å². The number of hydrogen-bond acceptors (Lipinski definition) is 2. The maximum absolute atomic E-state index is 12.3. The lowest BCUT2D eigenvalue weighted by molar-refractivity contribution is -0.141. The molecular weight excluding hydrogens is 230 g/mol. The predicted molar refractivity (Wildman–Crippen MR) is 68.1 cm³/mol. The van der Waals surface area contributed by atoms with E-state index in [1.165, 1.54) is 19.3 Å². The molecule has 0 spiro atoms. The predicted octanol–water partition coefficient (Wildman–Crippen LogP) is 2.28. The summed E-state index contributed by atoms with van der Waals surface area (Å²) >= 11 is 0. The van der Waals surface area contributed by atoms with Crippen molar-refractivity contribution in [3.05, 3.63) is 0 Å². The third-order valence-corrected chi connectivity index (χ3v) is 4.60. The van der Waals surface area contributed by atoms with Gasteiger partial charge in [-0.2, -0.15) is 0 Å². The zero-order valence-corrected chi connectivity index (χ0v) is 11.1. The van der Waals surface area contributed by atoms with Gasteiger partial charge in [0, 0.05) is 19.0 Å². The van der Waals surface area contributed by atoms with E-state index in [4.69, 9.17) is 5.11 Å². The van der Waals surface area contributed by atoms with Gasteiger partial charge in [-0.1, -0.05) is 19.3 Å². The zero-order chi connectivity index (χ0) is 13.1. The molecule has 1 N–H and O–H groups in total. The molecule has 2 rings (SSSR count). The molecule has 102 valence electrons. The Morgan fingerprint density at radius 2 is 1.61 bits per heavy atom. The van der Waals surface area contributed by atoms with Crippen molar-refractivity contribution in [2.75, 3.05) is 7.05 Å². The van der Waals surface area contributed by atoms with Crippen LogP contribution in [-0.4, -0.2) is 35.0 Å². The van der Waals surface area contributed by atoms with Crippen LogP contribution in [0.25, 0.3) is 0 Å². The summed E-state index contributed by atoms with van der Waals surface area (Å²) in [4.78, 5) is 25.2. The van der Waals surface area contributed by atoms with Crippen LogP contribution in [0.1, 0.15) is 51.4 Å². The highest BCUT2D eigenvalue weighted by Crippen LogP contribution is 2.33. The summed E-state index contributed by atoms with van der Waals surface area (Å²) in [6.45, 7) is 0. The van der Waals surface area contributed by atoms with Crippen LogP contribution in [0.5, 0.6) is 0 Å². The maximum atomic E-state index is 12.3. The second-order valence-corrected chi connectivity index (χ2v) is 5.79. The summed E-state index contributed by atoms with van der Waals surface area (Å²) in [6, 6.07) is 0.384. The van der Waals surface area contributed by atoms with Gasteiger partial charge in [-0.3, -0.25) is 9.59 Å². The molecule has 4 heteroatoms.